The quantitative estimate of drug-likeness (QED) is 0.229. The molecular weight excluding hydrogens is 448 g/mol. The molecule has 0 aliphatic carbocycles. The molecule has 9 heteroatoms. The molecule has 0 radical (unpaired) electrons. The van der Waals surface area contributed by atoms with Gasteiger partial charge in [0.05, 0.1) is 12.0 Å². The Kier molecular flexibility index (Phi) is 7.46. The summed E-state index contributed by atoms with van der Waals surface area (Å²) in [5.74, 6) is 0.430. The van der Waals surface area contributed by atoms with E-state index < -0.39 is 0 Å². The van der Waals surface area contributed by atoms with Crippen molar-refractivity contribution in [1.29, 1.82) is 0 Å². The third kappa shape index (κ3) is 5.96. The molecule has 0 bridgehead atoms. The van der Waals surface area contributed by atoms with Gasteiger partial charge in [-0.15, -0.1) is 10.2 Å². The van der Waals surface area contributed by atoms with Crippen LogP contribution in [0.1, 0.15) is 12.5 Å². The predicted molar refractivity (Wildman–Crippen MR) is 134 cm³/mol. The molecule has 0 saturated heterocycles. The van der Waals surface area contributed by atoms with Crippen molar-refractivity contribution in [2.75, 3.05) is 11.1 Å². The van der Waals surface area contributed by atoms with E-state index in [-0.39, 0.29) is 17.6 Å². The van der Waals surface area contributed by atoms with Crippen molar-refractivity contribution in [3.8, 4) is 17.1 Å². The number of amides is 2. The van der Waals surface area contributed by atoms with Gasteiger partial charge in [0, 0.05) is 23.9 Å². The number of hydrogen-bond donors (Lipinski definition) is 2. The molecule has 4 aromatic rings. The lowest BCUT2D eigenvalue weighted by Crippen LogP contribution is -2.20. The van der Waals surface area contributed by atoms with Crippen molar-refractivity contribution in [1.82, 2.24) is 20.2 Å². The summed E-state index contributed by atoms with van der Waals surface area (Å²) in [4.78, 5) is 23.4. The standard InChI is InChI=1S/C25H22N6O2S/c1-18(32)27-21-14-12-19(13-15-21)16-26-28-23(33)17-34-25-30-29-24(20-8-4-2-5-9-20)31(25)22-10-6-3-7-11-22/h2-16H,17H2,1H3,(H,27,32)(H,28,33)/b26-16+. The van der Waals surface area contributed by atoms with Crippen LogP contribution in [0.2, 0.25) is 0 Å². The van der Waals surface area contributed by atoms with Gasteiger partial charge in [-0.3, -0.25) is 14.2 Å². The molecular formula is C25H22N6O2S. The van der Waals surface area contributed by atoms with E-state index in [1.165, 1.54) is 18.7 Å². The zero-order chi connectivity index (χ0) is 23.8. The molecule has 0 fully saturated rings. The first-order valence-corrected chi connectivity index (χ1v) is 11.5. The van der Waals surface area contributed by atoms with Crippen LogP contribution in [0.5, 0.6) is 0 Å². The highest BCUT2D eigenvalue weighted by Gasteiger charge is 2.17. The summed E-state index contributed by atoms with van der Waals surface area (Å²) in [5, 5.41) is 16.0. The second-order valence-electron chi connectivity index (χ2n) is 7.23. The van der Waals surface area contributed by atoms with Gasteiger partial charge in [-0.1, -0.05) is 72.4 Å². The third-order valence-corrected chi connectivity index (χ3v) is 5.57. The summed E-state index contributed by atoms with van der Waals surface area (Å²) in [6.07, 6.45) is 1.54. The van der Waals surface area contributed by atoms with E-state index in [1.807, 2.05) is 65.2 Å². The highest BCUT2D eigenvalue weighted by molar-refractivity contribution is 7.99. The summed E-state index contributed by atoms with van der Waals surface area (Å²) in [7, 11) is 0. The Hall–Kier alpha value is -4.24. The minimum Gasteiger partial charge on any atom is -0.326 e. The van der Waals surface area contributed by atoms with Crippen molar-refractivity contribution in [3.05, 3.63) is 90.5 Å². The second-order valence-corrected chi connectivity index (χ2v) is 8.17. The molecule has 0 aliphatic heterocycles. The molecule has 0 atom stereocenters. The number of aromatic nitrogens is 3. The Morgan fingerprint density at radius 3 is 2.29 bits per heavy atom. The largest absolute Gasteiger partial charge is 0.326 e. The maximum absolute atomic E-state index is 12.4. The van der Waals surface area contributed by atoms with E-state index in [4.69, 9.17) is 0 Å². The number of nitrogens with one attached hydrogen (secondary N) is 2. The third-order valence-electron chi connectivity index (χ3n) is 4.65. The molecule has 2 N–H and O–H groups in total. The minimum absolute atomic E-state index is 0.124. The molecule has 3 aromatic carbocycles. The average molecular weight is 471 g/mol. The van der Waals surface area contributed by atoms with Crippen molar-refractivity contribution in [3.63, 3.8) is 0 Å². The monoisotopic (exact) mass is 470 g/mol. The normalized spacial score (nSPS) is 10.9. The van der Waals surface area contributed by atoms with Gasteiger partial charge in [0.15, 0.2) is 11.0 Å². The van der Waals surface area contributed by atoms with E-state index in [2.05, 4.69) is 26.0 Å². The highest BCUT2D eigenvalue weighted by Crippen LogP contribution is 2.27. The first kappa shape index (κ1) is 22.9. The number of thioether (sulfide) groups is 1. The Bertz CT molecular complexity index is 1290. The molecule has 4 rings (SSSR count). The molecule has 34 heavy (non-hydrogen) atoms. The van der Waals surface area contributed by atoms with E-state index in [1.54, 1.807) is 30.5 Å². The number of nitrogens with zero attached hydrogens (tertiary/aromatic N) is 4. The molecule has 1 heterocycles. The summed E-state index contributed by atoms with van der Waals surface area (Å²) in [5.41, 5.74) is 5.86. The first-order chi connectivity index (χ1) is 16.6. The first-order valence-electron chi connectivity index (χ1n) is 10.5. The average Bonchev–Trinajstić information content (AvgIpc) is 3.29. The maximum atomic E-state index is 12.4. The van der Waals surface area contributed by atoms with Crippen LogP contribution in [0.15, 0.2) is 95.2 Å². The number of carbonyl (C=O) groups excluding carboxylic acids is 2. The van der Waals surface area contributed by atoms with Crippen LogP contribution >= 0.6 is 11.8 Å². The maximum Gasteiger partial charge on any atom is 0.250 e. The lowest BCUT2D eigenvalue weighted by molar-refractivity contribution is -0.118. The number of anilines is 1. The van der Waals surface area contributed by atoms with Crippen LogP contribution in [-0.4, -0.2) is 38.5 Å². The number of carbonyl (C=O) groups is 2. The smallest absolute Gasteiger partial charge is 0.250 e. The molecule has 0 spiro atoms. The van der Waals surface area contributed by atoms with Gasteiger partial charge in [-0.2, -0.15) is 5.10 Å². The Morgan fingerprint density at radius 2 is 1.62 bits per heavy atom. The molecule has 2 amide bonds. The topological polar surface area (TPSA) is 101 Å². The van der Waals surface area contributed by atoms with Gasteiger partial charge in [0.2, 0.25) is 5.91 Å². The zero-order valence-corrected chi connectivity index (χ0v) is 19.2. The number of hydrazone groups is 1. The molecule has 1 aromatic heterocycles. The van der Waals surface area contributed by atoms with Gasteiger partial charge in [-0.05, 0) is 29.8 Å². The van der Waals surface area contributed by atoms with Crippen LogP contribution in [0.3, 0.4) is 0 Å². The fourth-order valence-electron chi connectivity index (χ4n) is 3.14. The molecule has 0 unspecified atom stereocenters. The highest BCUT2D eigenvalue weighted by atomic mass is 32.2. The molecule has 0 aliphatic rings. The zero-order valence-electron chi connectivity index (χ0n) is 18.4. The van der Waals surface area contributed by atoms with Crippen molar-refractivity contribution in [2.24, 2.45) is 5.10 Å². The van der Waals surface area contributed by atoms with E-state index in [9.17, 15) is 9.59 Å². The Morgan fingerprint density at radius 1 is 0.941 bits per heavy atom. The van der Waals surface area contributed by atoms with E-state index in [0.29, 0.717) is 16.7 Å². The fourth-order valence-corrected chi connectivity index (χ4v) is 3.89. The predicted octanol–water partition coefficient (Wildman–Crippen LogP) is 4.14. The van der Waals surface area contributed by atoms with Gasteiger partial charge >= 0.3 is 0 Å². The van der Waals surface area contributed by atoms with E-state index >= 15 is 0 Å². The summed E-state index contributed by atoms with van der Waals surface area (Å²) in [6.45, 7) is 1.45. The fraction of sp³-hybridized carbons (Fsp3) is 0.0800. The SMILES string of the molecule is CC(=O)Nc1ccc(/C=N/NC(=O)CSc2nnc(-c3ccccc3)n2-c2ccccc2)cc1. The summed E-state index contributed by atoms with van der Waals surface area (Å²) >= 11 is 1.28. The number of hydrogen-bond acceptors (Lipinski definition) is 6. The van der Waals surface area contributed by atoms with Gasteiger partial charge in [-0.25, -0.2) is 5.43 Å². The minimum atomic E-state index is -0.264. The van der Waals surface area contributed by atoms with Crippen LogP contribution in [0.25, 0.3) is 17.1 Å². The molecule has 170 valence electrons. The number of para-hydroxylation sites is 1. The van der Waals surface area contributed by atoms with E-state index in [0.717, 1.165) is 16.8 Å². The Labute approximate surface area is 201 Å². The van der Waals surface area contributed by atoms with Gasteiger partial charge in [0.1, 0.15) is 0 Å². The van der Waals surface area contributed by atoms with Crippen LogP contribution < -0.4 is 10.7 Å². The summed E-state index contributed by atoms with van der Waals surface area (Å²) < 4.78 is 1.94. The van der Waals surface area contributed by atoms with Crippen molar-refractivity contribution in [2.45, 2.75) is 12.1 Å². The number of benzene rings is 3. The van der Waals surface area contributed by atoms with Crippen LogP contribution in [0, 0.1) is 0 Å². The Balaban J connectivity index is 1.41. The number of rotatable bonds is 8. The molecule has 8 nitrogen and oxygen atoms in total. The lowest BCUT2D eigenvalue weighted by Gasteiger charge is -2.10. The van der Waals surface area contributed by atoms with Crippen LogP contribution in [-0.2, 0) is 9.59 Å². The van der Waals surface area contributed by atoms with Gasteiger partial charge < -0.3 is 5.32 Å². The second kappa shape index (κ2) is 11.1. The lowest BCUT2D eigenvalue weighted by atomic mass is 10.2. The van der Waals surface area contributed by atoms with Crippen molar-refractivity contribution >= 4 is 35.5 Å². The van der Waals surface area contributed by atoms with Crippen molar-refractivity contribution < 1.29 is 9.59 Å². The summed E-state index contributed by atoms with van der Waals surface area (Å²) in [6, 6.07) is 26.7. The molecule has 0 saturated carbocycles. The van der Waals surface area contributed by atoms with Crippen LogP contribution in [0.4, 0.5) is 5.69 Å². The van der Waals surface area contributed by atoms with Gasteiger partial charge in [0.25, 0.3) is 5.91 Å².